The quantitative estimate of drug-likeness (QED) is 0.571. The van der Waals surface area contributed by atoms with E-state index in [-0.39, 0.29) is 18.9 Å². The smallest absolute Gasteiger partial charge is 0.352 e. The van der Waals surface area contributed by atoms with Gasteiger partial charge in [0, 0.05) is 25.1 Å². The molecule has 3 rings (SSSR count). The summed E-state index contributed by atoms with van der Waals surface area (Å²) in [6, 6.07) is 12.6. The van der Waals surface area contributed by atoms with Crippen LogP contribution in [0.25, 0.3) is 11.4 Å². The number of hydrogen-bond acceptors (Lipinski definition) is 3. The van der Waals surface area contributed by atoms with Crippen molar-refractivity contribution in [1.82, 2.24) is 20.1 Å². The predicted molar refractivity (Wildman–Crippen MR) is 105 cm³/mol. The van der Waals surface area contributed by atoms with Crippen molar-refractivity contribution in [2.24, 2.45) is 0 Å². The first-order valence-electron chi connectivity index (χ1n) is 8.89. The van der Waals surface area contributed by atoms with E-state index in [1.165, 1.54) is 12.1 Å². The first-order chi connectivity index (χ1) is 13.7. The number of rotatable bonds is 6. The van der Waals surface area contributed by atoms with Crippen LogP contribution in [0.15, 0.2) is 48.5 Å². The first-order valence-corrected chi connectivity index (χ1v) is 9.30. The highest BCUT2D eigenvalue weighted by atomic mass is 32.1. The van der Waals surface area contributed by atoms with Crippen molar-refractivity contribution in [1.29, 1.82) is 0 Å². The number of nitrogens with zero attached hydrogens (tertiary/aromatic N) is 2. The van der Waals surface area contributed by atoms with Gasteiger partial charge in [-0.2, -0.15) is 18.3 Å². The molecule has 0 aliphatic heterocycles. The van der Waals surface area contributed by atoms with E-state index in [9.17, 15) is 18.0 Å². The van der Waals surface area contributed by atoms with Crippen LogP contribution in [0, 0.1) is 11.7 Å². The van der Waals surface area contributed by atoms with Crippen LogP contribution in [-0.2, 0) is 24.1 Å². The van der Waals surface area contributed by atoms with E-state index in [0.29, 0.717) is 22.7 Å². The number of aryl methyl sites for hydroxylation is 1. The molecule has 9 heteroatoms. The minimum absolute atomic E-state index is 0.0182. The van der Waals surface area contributed by atoms with Gasteiger partial charge in [0.1, 0.15) is 0 Å². The summed E-state index contributed by atoms with van der Waals surface area (Å²) >= 11 is 5.25. The molecule has 0 aliphatic carbocycles. The molecule has 5 nitrogen and oxygen atoms in total. The van der Waals surface area contributed by atoms with Crippen LogP contribution in [-0.4, -0.2) is 20.7 Å². The molecule has 0 bridgehead atoms. The monoisotopic (exact) mass is 420 g/mol. The third-order valence-corrected chi connectivity index (χ3v) is 4.69. The molecule has 1 heterocycles. The van der Waals surface area contributed by atoms with Gasteiger partial charge in [0.15, 0.2) is 10.6 Å². The van der Waals surface area contributed by atoms with Gasteiger partial charge in [-0.05, 0) is 36.8 Å². The lowest BCUT2D eigenvalue weighted by Gasteiger charge is -2.10. The molecule has 0 saturated carbocycles. The normalized spacial score (nSPS) is 11.4. The Labute approximate surface area is 170 Å². The Hall–Kier alpha value is -2.94. The number of carbonyl (C=O) groups is 1. The lowest BCUT2D eigenvalue weighted by molar-refractivity contribution is -0.137. The Morgan fingerprint density at radius 2 is 1.93 bits per heavy atom. The van der Waals surface area contributed by atoms with Crippen molar-refractivity contribution in [2.75, 3.05) is 0 Å². The van der Waals surface area contributed by atoms with Gasteiger partial charge in [0.05, 0.1) is 5.56 Å². The van der Waals surface area contributed by atoms with E-state index in [1.54, 1.807) is 4.57 Å². The fraction of sp³-hybridized carbons (Fsp3) is 0.250. The van der Waals surface area contributed by atoms with Crippen molar-refractivity contribution in [3.05, 3.63) is 70.0 Å². The molecule has 0 radical (unpaired) electrons. The fourth-order valence-corrected chi connectivity index (χ4v) is 3.03. The molecule has 0 spiro atoms. The van der Waals surface area contributed by atoms with Crippen LogP contribution in [0.2, 0.25) is 0 Å². The molecular weight excluding hydrogens is 401 g/mol. The number of aromatic nitrogens is 3. The summed E-state index contributed by atoms with van der Waals surface area (Å²) in [7, 11) is 0. The van der Waals surface area contributed by atoms with Crippen LogP contribution in [0.3, 0.4) is 0 Å². The van der Waals surface area contributed by atoms with Crippen molar-refractivity contribution in [2.45, 2.75) is 32.6 Å². The van der Waals surface area contributed by atoms with Crippen molar-refractivity contribution >= 4 is 18.1 Å². The second-order valence-electron chi connectivity index (χ2n) is 6.59. The third kappa shape index (κ3) is 5.32. The molecule has 29 heavy (non-hydrogen) atoms. The van der Waals surface area contributed by atoms with E-state index in [1.807, 2.05) is 31.2 Å². The van der Waals surface area contributed by atoms with Gasteiger partial charge in [-0.3, -0.25) is 14.5 Å². The largest absolute Gasteiger partial charge is 0.416 e. The van der Waals surface area contributed by atoms with Crippen LogP contribution < -0.4 is 5.32 Å². The lowest BCUT2D eigenvalue weighted by atomic mass is 10.1. The maximum atomic E-state index is 12.8. The highest BCUT2D eigenvalue weighted by Gasteiger charge is 2.30. The molecule has 0 fully saturated rings. The second-order valence-corrected chi connectivity index (χ2v) is 6.98. The van der Waals surface area contributed by atoms with Gasteiger partial charge in [-0.1, -0.05) is 42.0 Å². The Kier molecular flexibility index (Phi) is 6.17. The number of hydrogen-bond donors (Lipinski definition) is 2. The average Bonchev–Trinajstić information content (AvgIpc) is 3.05. The molecule has 2 N–H and O–H groups in total. The maximum absolute atomic E-state index is 12.8. The average molecular weight is 420 g/mol. The maximum Gasteiger partial charge on any atom is 0.416 e. The highest BCUT2D eigenvalue weighted by molar-refractivity contribution is 7.71. The van der Waals surface area contributed by atoms with Crippen LogP contribution in [0.1, 0.15) is 23.1 Å². The number of nitrogens with one attached hydrogen (secondary N) is 2. The Morgan fingerprint density at radius 3 is 2.62 bits per heavy atom. The van der Waals surface area contributed by atoms with Crippen LogP contribution >= 0.6 is 12.2 Å². The summed E-state index contributed by atoms with van der Waals surface area (Å²) in [5.41, 5.74) is 1.63. The fourth-order valence-electron chi connectivity index (χ4n) is 2.81. The van der Waals surface area contributed by atoms with E-state index in [4.69, 9.17) is 12.2 Å². The molecule has 0 unspecified atom stereocenters. The lowest BCUT2D eigenvalue weighted by Crippen LogP contribution is -2.24. The molecule has 2 aromatic carbocycles. The number of H-pyrrole nitrogens is 1. The standard InChI is InChI=1S/C20H19F3N4OS/c1-13-5-7-15(8-6-13)18-25-26-19(29)27(18)10-9-17(28)24-12-14-3-2-4-16(11-14)20(21,22)23/h2-8,11H,9-10,12H2,1H3,(H,24,28)(H,26,29). The van der Waals surface area contributed by atoms with Gasteiger partial charge in [-0.25, -0.2) is 0 Å². The molecule has 1 amide bonds. The van der Waals surface area contributed by atoms with Crippen molar-refractivity contribution in [3.63, 3.8) is 0 Å². The molecule has 3 aromatic rings. The second kappa shape index (κ2) is 8.60. The molecule has 0 aliphatic rings. The van der Waals surface area contributed by atoms with Gasteiger partial charge in [0.2, 0.25) is 5.91 Å². The number of halogens is 3. The number of aromatic amines is 1. The third-order valence-electron chi connectivity index (χ3n) is 4.37. The van der Waals surface area contributed by atoms with E-state index in [2.05, 4.69) is 15.5 Å². The Morgan fingerprint density at radius 1 is 1.21 bits per heavy atom. The molecular formula is C20H19F3N4OS. The Bertz CT molecular complexity index is 1050. The SMILES string of the molecule is Cc1ccc(-c2n[nH]c(=S)n2CCC(=O)NCc2cccc(C(F)(F)F)c2)cc1. The van der Waals surface area contributed by atoms with E-state index >= 15 is 0 Å². The zero-order chi connectivity index (χ0) is 21.0. The van der Waals surface area contributed by atoms with Gasteiger partial charge in [0.25, 0.3) is 0 Å². The molecule has 152 valence electrons. The zero-order valence-electron chi connectivity index (χ0n) is 15.6. The molecule has 0 saturated heterocycles. The van der Waals surface area contributed by atoms with Gasteiger partial charge in [-0.15, -0.1) is 0 Å². The topological polar surface area (TPSA) is 62.7 Å². The first kappa shape index (κ1) is 20.8. The minimum Gasteiger partial charge on any atom is -0.352 e. The van der Waals surface area contributed by atoms with Gasteiger partial charge >= 0.3 is 6.18 Å². The molecule has 0 atom stereocenters. The van der Waals surface area contributed by atoms with Crippen LogP contribution in [0.5, 0.6) is 0 Å². The summed E-state index contributed by atoms with van der Waals surface area (Å²) < 4.78 is 40.4. The van der Waals surface area contributed by atoms with Crippen LogP contribution in [0.4, 0.5) is 13.2 Å². The van der Waals surface area contributed by atoms with Crippen molar-refractivity contribution in [3.8, 4) is 11.4 Å². The van der Waals surface area contributed by atoms with Crippen molar-refractivity contribution < 1.29 is 18.0 Å². The van der Waals surface area contributed by atoms with E-state index in [0.717, 1.165) is 23.3 Å². The number of benzene rings is 2. The predicted octanol–water partition coefficient (Wildman–Crippen LogP) is 4.64. The van der Waals surface area contributed by atoms with E-state index < -0.39 is 11.7 Å². The highest BCUT2D eigenvalue weighted by Crippen LogP contribution is 2.29. The Balaban J connectivity index is 1.61. The summed E-state index contributed by atoms with van der Waals surface area (Å²) in [5, 5.41) is 9.60. The summed E-state index contributed by atoms with van der Waals surface area (Å²) in [5.74, 6) is 0.334. The zero-order valence-corrected chi connectivity index (χ0v) is 16.4. The summed E-state index contributed by atoms with van der Waals surface area (Å²) in [4.78, 5) is 12.2. The summed E-state index contributed by atoms with van der Waals surface area (Å²) in [6.45, 7) is 2.30. The number of alkyl halides is 3. The molecule has 1 aromatic heterocycles. The number of carbonyl (C=O) groups excluding carboxylic acids is 1. The summed E-state index contributed by atoms with van der Waals surface area (Å²) in [6.07, 6.45) is -4.30. The number of amides is 1. The van der Waals surface area contributed by atoms with Gasteiger partial charge < -0.3 is 5.32 Å². The minimum atomic E-state index is -4.41.